The summed E-state index contributed by atoms with van der Waals surface area (Å²) in [6, 6.07) is 10.6. The molecule has 0 amide bonds. The van der Waals surface area contributed by atoms with Gasteiger partial charge in [-0.1, -0.05) is 43.7 Å². The van der Waals surface area contributed by atoms with Gasteiger partial charge in [-0.05, 0) is 36.3 Å². The van der Waals surface area contributed by atoms with Crippen LogP contribution in [-0.4, -0.2) is 0 Å². The van der Waals surface area contributed by atoms with Crippen LogP contribution < -0.4 is 5.73 Å². The van der Waals surface area contributed by atoms with E-state index >= 15 is 0 Å². The van der Waals surface area contributed by atoms with Crippen molar-refractivity contribution in [2.45, 2.75) is 33.1 Å². The molecule has 1 nitrogen and oxygen atoms in total. The van der Waals surface area contributed by atoms with E-state index in [-0.39, 0.29) is 0 Å². The Labute approximate surface area is 97.3 Å². The second-order valence-electron chi connectivity index (χ2n) is 4.40. The number of fused-ring (bicyclic) bond motifs is 1. The van der Waals surface area contributed by atoms with Gasteiger partial charge in [0.2, 0.25) is 0 Å². The Morgan fingerprint density at radius 2 is 1.94 bits per heavy atom. The van der Waals surface area contributed by atoms with Crippen LogP contribution in [0.15, 0.2) is 30.3 Å². The van der Waals surface area contributed by atoms with E-state index < -0.39 is 0 Å². The minimum Gasteiger partial charge on any atom is -0.398 e. The zero-order valence-electron chi connectivity index (χ0n) is 10.1. The van der Waals surface area contributed by atoms with E-state index in [4.69, 9.17) is 5.73 Å². The molecule has 0 aliphatic heterocycles. The van der Waals surface area contributed by atoms with Crippen LogP contribution in [0.3, 0.4) is 0 Å². The summed E-state index contributed by atoms with van der Waals surface area (Å²) in [6.45, 7) is 4.35. The van der Waals surface area contributed by atoms with Crippen molar-refractivity contribution >= 4 is 16.5 Å². The standard InChI is InChI=1S/C15H19N/c1-3-4-7-12-10-13-8-5-6-9-14(13)15(16)11(12)2/h5-6,8-10H,3-4,7,16H2,1-2H3. The fraction of sp³-hybridized carbons (Fsp3) is 0.333. The van der Waals surface area contributed by atoms with Gasteiger partial charge in [-0.3, -0.25) is 0 Å². The number of hydrogen-bond donors (Lipinski definition) is 1. The summed E-state index contributed by atoms with van der Waals surface area (Å²) >= 11 is 0. The summed E-state index contributed by atoms with van der Waals surface area (Å²) in [5.41, 5.74) is 9.80. The lowest BCUT2D eigenvalue weighted by molar-refractivity contribution is 0.792. The summed E-state index contributed by atoms with van der Waals surface area (Å²) in [5, 5.41) is 2.44. The van der Waals surface area contributed by atoms with Crippen molar-refractivity contribution in [3.8, 4) is 0 Å². The molecule has 1 heteroatoms. The largest absolute Gasteiger partial charge is 0.398 e. The van der Waals surface area contributed by atoms with E-state index in [0.717, 1.165) is 12.1 Å². The van der Waals surface area contributed by atoms with Crippen LogP contribution in [0.1, 0.15) is 30.9 Å². The Morgan fingerprint density at radius 1 is 1.19 bits per heavy atom. The Balaban J connectivity index is 2.55. The summed E-state index contributed by atoms with van der Waals surface area (Å²) < 4.78 is 0. The molecule has 2 aromatic rings. The molecule has 0 unspecified atom stereocenters. The topological polar surface area (TPSA) is 26.0 Å². The van der Waals surface area contributed by atoms with Gasteiger partial charge in [-0.25, -0.2) is 0 Å². The van der Waals surface area contributed by atoms with Crippen molar-refractivity contribution in [3.05, 3.63) is 41.5 Å². The molecular weight excluding hydrogens is 194 g/mol. The second kappa shape index (κ2) is 4.56. The predicted molar refractivity (Wildman–Crippen MR) is 71.7 cm³/mol. The van der Waals surface area contributed by atoms with Crippen LogP contribution in [0.2, 0.25) is 0 Å². The average Bonchev–Trinajstić information content (AvgIpc) is 2.32. The van der Waals surface area contributed by atoms with Crippen molar-refractivity contribution in [2.24, 2.45) is 0 Å². The Kier molecular flexibility index (Phi) is 3.14. The summed E-state index contributed by atoms with van der Waals surface area (Å²) in [5.74, 6) is 0. The van der Waals surface area contributed by atoms with E-state index in [1.54, 1.807) is 0 Å². The zero-order chi connectivity index (χ0) is 11.5. The molecule has 0 saturated heterocycles. The maximum atomic E-state index is 6.19. The molecule has 0 radical (unpaired) electrons. The molecule has 2 N–H and O–H groups in total. The van der Waals surface area contributed by atoms with Crippen molar-refractivity contribution in [2.75, 3.05) is 5.73 Å². The third-order valence-electron chi connectivity index (χ3n) is 3.27. The van der Waals surface area contributed by atoms with Crippen molar-refractivity contribution < 1.29 is 0 Å². The van der Waals surface area contributed by atoms with Gasteiger partial charge >= 0.3 is 0 Å². The third kappa shape index (κ3) is 1.90. The summed E-state index contributed by atoms with van der Waals surface area (Å²) in [4.78, 5) is 0. The first-order valence-electron chi connectivity index (χ1n) is 6.00. The van der Waals surface area contributed by atoms with Crippen molar-refractivity contribution in [1.29, 1.82) is 0 Å². The molecule has 84 valence electrons. The quantitative estimate of drug-likeness (QED) is 0.764. The molecule has 0 heterocycles. The second-order valence-corrected chi connectivity index (χ2v) is 4.40. The minimum absolute atomic E-state index is 0.948. The lowest BCUT2D eigenvalue weighted by Crippen LogP contribution is -1.97. The number of benzene rings is 2. The van der Waals surface area contributed by atoms with Crippen LogP contribution >= 0.6 is 0 Å². The molecule has 16 heavy (non-hydrogen) atoms. The van der Waals surface area contributed by atoms with Gasteiger partial charge in [0.1, 0.15) is 0 Å². The molecule has 0 bridgehead atoms. The van der Waals surface area contributed by atoms with E-state index in [1.807, 2.05) is 6.07 Å². The van der Waals surface area contributed by atoms with Gasteiger partial charge in [0, 0.05) is 11.1 Å². The maximum absolute atomic E-state index is 6.19. The first kappa shape index (κ1) is 11.0. The normalized spacial score (nSPS) is 10.9. The Bertz CT molecular complexity index is 500. The molecule has 0 aliphatic rings. The Hall–Kier alpha value is -1.50. The number of nitrogens with two attached hydrogens (primary N) is 1. The molecule has 0 saturated carbocycles. The van der Waals surface area contributed by atoms with E-state index in [9.17, 15) is 0 Å². The van der Waals surface area contributed by atoms with Crippen molar-refractivity contribution in [3.63, 3.8) is 0 Å². The van der Waals surface area contributed by atoms with Gasteiger partial charge in [0.15, 0.2) is 0 Å². The first-order valence-corrected chi connectivity index (χ1v) is 6.00. The number of rotatable bonds is 3. The number of hydrogen-bond acceptors (Lipinski definition) is 1. The molecule has 2 aromatic carbocycles. The predicted octanol–water partition coefficient (Wildman–Crippen LogP) is 4.07. The van der Waals surface area contributed by atoms with E-state index in [2.05, 4.69) is 38.1 Å². The molecule has 0 fully saturated rings. The molecule has 0 atom stereocenters. The maximum Gasteiger partial charge on any atom is 0.0426 e. The van der Waals surface area contributed by atoms with Crippen LogP contribution in [0.5, 0.6) is 0 Å². The summed E-state index contributed by atoms with van der Waals surface area (Å²) in [7, 11) is 0. The molecule has 2 rings (SSSR count). The smallest absolute Gasteiger partial charge is 0.0426 e. The summed E-state index contributed by atoms with van der Waals surface area (Å²) in [6.07, 6.45) is 3.60. The fourth-order valence-electron chi connectivity index (χ4n) is 2.17. The highest BCUT2D eigenvalue weighted by Crippen LogP contribution is 2.28. The van der Waals surface area contributed by atoms with E-state index in [1.165, 1.54) is 34.7 Å². The minimum atomic E-state index is 0.948. The first-order chi connectivity index (χ1) is 7.74. The zero-order valence-corrected chi connectivity index (χ0v) is 10.1. The van der Waals surface area contributed by atoms with Gasteiger partial charge in [-0.15, -0.1) is 0 Å². The number of nitrogen functional groups attached to an aromatic ring is 1. The third-order valence-corrected chi connectivity index (χ3v) is 3.27. The SMILES string of the molecule is CCCCc1cc2ccccc2c(N)c1C. The lowest BCUT2D eigenvalue weighted by Gasteiger charge is -2.11. The van der Waals surface area contributed by atoms with Crippen LogP contribution in [0.4, 0.5) is 5.69 Å². The molecule has 0 aliphatic carbocycles. The number of anilines is 1. The van der Waals surface area contributed by atoms with E-state index in [0.29, 0.717) is 0 Å². The molecular formula is C15H19N. The lowest BCUT2D eigenvalue weighted by atomic mass is 9.96. The number of aryl methyl sites for hydroxylation is 1. The van der Waals surface area contributed by atoms with Gasteiger partial charge in [0.05, 0.1) is 0 Å². The Morgan fingerprint density at radius 3 is 2.69 bits per heavy atom. The highest BCUT2D eigenvalue weighted by atomic mass is 14.6. The molecule has 0 aromatic heterocycles. The monoisotopic (exact) mass is 213 g/mol. The van der Waals surface area contributed by atoms with Gasteiger partial charge < -0.3 is 5.73 Å². The van der Waals surface area contributed by atoms with Crippen LogP contribution in [0, 0.1) is 6.92 Å². The van der Waals surface area contributed by atoms with Crippen molar-refractivity contribution in [1.82, 2.24) is 0 Å². The van der Waals surface area contributed by atoms with Gasteiger partial charge in [-0.2, -0.15) is 0 Å². The van der Waals surface area contributed by atoms with Crippen LogP contribution in [-0.2, 0) is 6.42 Å². The molecule has 0 spiro atoms. The van der Waals surface area contributed by atoms with Crippen LogP contribution in [0.25, 0.3) is 10.8 Å². The highest BCUT2D eigenvalue weighted by molar-refractivity contribution is 5.95. The highest BCUT2D eigenvalue weighted by Gasteiger charge is 2.06. The average molecular weight is 213 g/mol. The number of unbranched alkanes of at least 4 members (excludes halogenated alkanes) is 1. The fourth-order valence-corrected chi connectivity index (χ4v) is 2.17. The van der Waals surface area contributed by atoms with Gasteiger partial charge in [0.25, 0.3) is 0 Å².